The number of aliphatic hydroxyl groups excluding tert-OH is 1. The summed E-state index contributed by atoms with van der Waals surface area (Å²) in [6.07, 6.45) is 0.643. The van der Waals surface area contributed by atoms with Crippen molar-refractivity contribution in [3.05, 3.63) is 41.5 Å². The number of halogens is 1. The molecular weight excluding hydrogens is 291 g/mol. The fraction of sp³-hybridized carbons (Fsp3) is 0.333. The minimum atomic E-state index is -0.864. The maximum absolute atomic E-state index is 13.2. The van der Waals surface area contributed by atoms with Crippen molar-refractivity contribution < 1.29 is 23.7 Å². The molecule has 3 rings (SSSR count). The van der Waals surface area contributed by atoms with Crippen LogP contribution >= 0.6 is 0 Å². The van der Waals surface area contributed by atoms with Crippen LogP contribution in [0.4, 0.5) is 4.39 Å². The van der Waals surface area contributed by atoms with Crippen LogP contribution in [0.5, 0.6) is 17.5 Å². The summed E-state index contributed by atoms with van der Waals surface area (Å²) < 4.78 is 28.9. The molecule has 2 heterocycles. The van der Waals surface area contributed by atoms with Gasteiger partial charge in [-0.2, -0.15) is 0 Å². The average molecular weight is 306 g/mol. The Morgan fingerprint density at radius 1 is 1.27 bits per heavy atom. The van der Waals surface area contributed by atoms with Gasteiger partial charge in [0.1, 0.15) is 11.6 Å². The second kappa shape index (κ2) is 5.76. The summed E-state index contributed by atoms with van der Waals surface area (Å²) in [6, 6.07) is 4.05. The van der Waals surface area contributed by atoms with Crippen molar-refractivity contribution in [2.75, 3.05) is 20.8 Å². The molecule has 7 heteroatoms. The van der Waals surface area contributed by atoms with Crippen molar-refractivity contribution in [3.63, 3.8) is 0 Å². The van der Waals surface area contributed by atoms with E-state index in [1.165, 1.54) is 38.6 Å². The van der Waals surface area contributed by atoms with Gasteiger partial charge in [0, 0.05) is 11.6 Å². The highest BCUT2D eigenvalue weighted by Gasteiger charge is 2.32. The lowest BCUT2D eigenvalue weighted by Gasteiger charge is -2.29. The van der Waals surface area contributed by atoms with Gasteiger partial charge >= 0.3 is 0 Å². The molecule has 0 aliphatic carbocycles. The smallest absolute Gasteiger partial charge is 0.278 e. The fourth-order valence-corrected chi connectivity index (χ4v) is 2.44. The largest absolute Gasteiger partial charge is 0.492 e. The zero-order valence-corrected chi connectivity index (χ0v) is 12.1. The number of hydrogen-bond acceptors (Lipinski definition) is 6. The Hall–Kier alpha value is -2.41. The van der Waals surface area contributed by atoms with Crippen LogP contribution in [0.2, 0.25) is 0 Å². The van der Waals surface area contributed by atoms with Crippen LogP contribution < -0.4 is 14.2 Å². The average Bonchev–Trinajstić information content (AvgIpc) is 2.54. The zero-order chi connectivity index (χ0) is 15.7. The second-order valence-corrected chi connectivity index (χ2v) is 4.86. The highest BCUT2D eigenvalue weighted by atomic mass is 19.1. The van der Waals surface area contributed by atoms with E-state index in [0.717, 1.165) is 0 Å². The number of benzene rings is 1. The molecule has 1 aromatic carbocycles. The Balaban J connectivity index is 1.95. The molecule has 1 N–H and O–H groups in total. The SMILES string of the molecule is COc1ncc(C2COc3cc(F)ccc3C2O)nc1OC. The van der Waals surface area contributed by atoms with Crippen LogP contribution in [0.25, 0.3) is 0 Å². The van der Waals surface area contributed by atoms with Gasteiger partial charge in [0.25, 0.3) is 11.8 Å². The third-order valence-corrected chi connectivity index (χ3v) is 3.59. The third-order valence-electron chi connectivity index (χ3n) is 3.59. The predicted molar refractivity (Wildman–Crippen MR) is 74.7 cm³/mol. The molecule has 1 aliphatic heterocycles. The quantitative estimate of drug-likeness (QED) is 0.933. The van der Waals surface area contributed by atoms with Crippen molar-refractivity contribution in [1.29, 1.82) is 0 Å². The van der Waals surface area contributed by atoms with E-state index in [4.69, 9.17) is 14.2 Å². The van der Waals surface area contributed by atoms with E-state index in [9.17, 15) is 9.50 Å². The number of nitrogens with zero attached hydrogens (tertiary/aromatic N) is 2. The summed E-state index contributed by atoms with van der Waals surface area (Å²) in [5.41, 5.74) is 1.04. The van der Waals surface area contributed by atoms with Gasteiger partial charge in [-0.15, -0.1) is 0 Å². The molecule has 0 saturated carbocycles. The van der Waals surface area contributed by atoms with Gasteiger partial charge < -0.3 is 19.3 Å². The van der Waals surface area contributed by atoms with Gasteiger partial charge in [-0.1, -0.05) is 0 Å². The molecule has 116 valence electrons. The van der Waals surface area contributed by atoms with Crippen molar-refractivity contribution >= 4 is 0 Å². The van der Waals surface area contributed by atoms with Crippen LogP contribution in [-0.4, -0.2) is 35.9 Å². The normalized spacial score (nSPS) is 20.0. The number of ether oxygens (including phenoxy) is 3. The summed E-state index contributed by atoms with van der Waals surface area (Å²) in [4.78, 5) is 8.41. The molecule has 1 aromatic heterocycles. The van der Waals surface area contributed by atoms with Crippen molar-refractivity contribution in [2.45, 2.75) is 12.0 Å². The second-order valence-electron chi connectivity index (χ2n) is 4.86. The van der Waals surface area contributed by atoms with Gasteiger partial charge in [0.05, 0.1) is 44.7 Å². The Morgan fingerprint density at radius 3 is 2.77 bits per heavy atom. The standard InChI is InChI=1S/C15H15FN2O4/c1-20-14-15(21-2)18-11(6-17-14)10-7-22-12-5-8(16)3-4-9(12)13(10)19/h3-6,10,13,19H,7H2,1-2H3. The third kappa shape index (κ3) is 2.43. The van der Waals surface area contributed by atoms with E-state index in [1.54, 1.807) is 0 Å². The lowest BCUT2D eigenvalue weighted by Crippen LogP contribution is -2.25. The topological polar surface area (TPSA) is 73.7 Å². The molecule has 2 unspecified atom stereocenters. The van der Waals surface area contributed by atoms with Gasteiger partial charge in [-0.05, 0) is 12.1 Å². The molecular formula is C15H15FN2O4. The molecule has 0 bridgehead atoms. The Labute approximate surface area is 126 Å². The molecule has 0 saturated heterocycles. The van der Waals surface area contributed by atoms with Gasteiger partial charge in [0.2, 0.25) is 0 Å². The zero-order valence-electron chi connectivity index (χ0n) is 12.1. The van der Waals surface area contributed by atoms with Crippen LogP contribution in [-0.2, 0) is 0 Å². The van der Waals surface area contributed by atoms with Crippen molar-refractivity contribution in [1.82, 2.24) is 9.97 Å². The Bertz CT molecular complexity index is 695. The lowest BCUT2D eigenvalue weighted by atomic mass is 9.91. The first kappa shape index (κ1) is 14.5. The number of aliphatic hydroxyl groups is 1. The number of rotatable bonds is 3. The molecule has 0 radical (unpaired) electrons. The maximum Gasteiger partial charge on any atom is 0.278 e. The summed E-state index contributed by atoms with van der Waals surface area (Å²) in [5.74, 6) is 0.00908. The van der Waals surface area contributed by atoms with Crippen molar-refractivity contribution in [3.8, 4) is 17.5 Å². The maximum atomic E-state index is 13.2. The molecule has 2 aromatic rings. The first-order chi connectivity index (χ1) is 10.6. The van der Waals surface area contributed by atoms with Crippen molar-refractivity contribution in [2.24, 2.45) is 0 Å². The molecule has 22 heavy (non-hydrogen) atoms. The molecule has 0 spiro atoms. The first-order valence-corrected chi connectivity index (χ1v) is 6.69. The molecule has 6 nitrogen and oxygen atoms in total. The highest BCUT2D eigenvalue weighted by Crippen LogP contribution is 2.40. The molecule has 1 aliphatic rings. The van der Waals surface area contributed by atoms with E-state index < -0.39 is 17.8 Å². The lowest BCUT2D eigenvalue weighted by molar-refractivity contribution is 0.0863. The summed E-state index contributed by atoms with van der Waals surface area (Å²) in [5, 5.41) is 10.5. The summed E-state index contributed by atoms with van der Waals surface area (Å²) in [6.45, 7) is 0.168. The number of methoxy groups -OCH3 is 2. The molecule has 0 amide bonds. The minimum Gasteiger partial charge on any atom is -0.492 e. The Kier molecular flexibility index (Phi) is 3.81. The van der Waals surface area contributed by atoms with Gasteiger partial charge in [0.15, 0.2) is 0 Å². The Morgan fingerprint density at radius 2 is 2.05 bits per heavy atom. The van der Waals surface area contributed by atoms with E-state index >= 15 is 0 Å². The highest BCUT2D eigenvalue weighted by molar-refractivity contribution is 5.40. The first-order valence-electron chi connectivity index (χ1n) is 6.69. The summed E-state index contributed by atoms with van der Waals surface area (Å²) >= 11 is 0. The predicted octanol–water partition coefficient (Wildman–Crippen LogP) is 1.84. The van der Waals surface area contributed by atoms with E-state index in [1.807, 2.05) is 0 Å². The minimum absolute atomic E-state index is 0.168. The van der Waals surface area contributed by atoms with E-state index in [2.05, 4.69) is 9.97 Å². The van der Waals surface area contributed by atoms with Gasteiger partial charge in [-0.3, -0.25) is 0 Å². The van der Waals surface area contributed by atoms with Crippen LogP contribution in [0, 0.1) is 5.82 Å². The van der Waals surface area contributed by atoms with E-state index in [-0.39, 0.29) is 18.4 Å². The number of hydrogen-bond donors (Lipinski definition) is 1. The van der Waals surface area contributed by atoms with Crippen LogP contribution in [0.3, 0.4) is 0 Å². The monoisotopic (exact) mass is 306 g/mol. The number of aromatic nitrogens is 2. The van der Waals surface area contributed by atoms with E-state index in [0.29, 0.717) is 17.0 Å². The fourth-order valence-electron chi connectivity index (χ4n) is 2.44. The van der Waals surface area contributed by atoms with Gasteiger partial charge in [-0.25, -0.2) is 14.4 Å². The van der Waals surface area contributed by atoms with Crippen LogP contribution in [0.1, 0.15) is 23.3 Å². The summed E-state index contributed by atoms with van der Waals surface area (Å²) in [7, 11) is 2.93. The molecule has 2 atom stereocenters. The van der Waals surface area contributed by atoms with Crippen LogP contribution in [0.15, 0.2) is 24.4 Å². The molecule has 0 fully saturated rings. The number of fused-ring (bicyclic) bond motifs is 1.